The lowest BCUT2D eigenvalue weighted by molar-refractivity contribution is 1.04. The van der Waals surface area contributed by atoms with E-state index in [0.29, 0.717) is 34.9 Å². The van der Waals surface area contributed by atoms with Crippen molar-refractivity contribution in [3.05, 3.63) is 187 Å². The van der Waals surface area contributed by atoms with Crippen molar-refractivity contribution >= 4 is 23.1 Å². The van der Waals surface area contributed by atoms with Gasteiger partial charge in [0.05, 0.1) is 16.9 Å². The lowest BCUT2D eigenvalue weighted by atomic mass is 10.0. The third-order valence-corrected chi connectivity index (χ3v) is 10.4. The molecule has 10 rings (SSSR count). The molecule has 0 spiro atoms. The summed E-state index contributed by atoms with van der Waals surface area (Å²) in [5.74, 6) is 3.45. The summed E-state index contributed by atoms with van der Waals surface area (Å²) in [4.78, 5) is 30.7. The molecule has 1 aliphatic carbocycles. The zero-order valence-electron chi connectivity index (χ0n) is 31.9. The van der Waals surface area contributed by atoms with E-state index in [1.807, 2.05) is 121 Å². The molecule has 0 amide bonds. The Kier molecular flexibility index (Phi) is 9.08. The van der Waals surface area contributed by atoms with Gasteiger partial charge in [-0.3, -0.25) is 0 Å². The van der Waals surface area contributed by atoms with Crippen LogP contribution in [-0.2, 0) is 0 Å². The Balaban J connectivity index is 1.27. The standard InChI is InChI=1S/C51H37N7/c1-34-28-30-44-41(32-34)40-26-16-2-3-17-27-43(40)58(44)45-31-29-39(50-54-46(35-18-8-4-9-19-35)52-47(55-50)36-20-10-5-11-21-36)33-42(45)51-56-48(37-22-12-6-13-23-37)53-49(57-51)38-24-14-7-15-25-38/h4-33H,2-3H2,1H3. The first-order chi connectivity index (χ1) is 28.7. The van der Waals surface area contributed by atoms with Gasteiger partial charge in [-0.05, 0) is 56.2 Å². The average Bonchev–Trinajstić information content (AvgIpc) is 3.57. The number of allylic oxidation sites excluding steroid dienone is 2. The maximum atomic E-state index is 5.25. The number of aryl methyl sites for hydroxylation is 1. The van der Waals surface area contributed by atoms with Gasteiger partial charge in [-0.15, -0.1) is 0 Å². The summed E-state index contributed by atoms with van der Waals surface area (Å²) in [6.07, 6.45) is 11.0. The van der Waals surface area contributed by atoms with Crippen molar-refractivity contribution in [1.29, 1.82) is 0 Å². The summed E-state index contributed by atoms with van der Waals surface area (Å²) in [6, 6.07) is 53.3. The first-order valence-electron chi connectivity index (χ1n) is 19.5. The molecule has 0 N–H and O–H groups in total. The molecule has 0 saturated heterocycles. The quantitative estimate of drug-likeness (QED) is 0.161. The minimum Gasteiger partial charge on any atom is -0.309 e. The van der Waals surface area contributed by atoms with Crippen molar-refractivity contribution in [1.82, 2.24) is 34.5 Å². The molecular weight excluding hydrogens is 711 g/mol. The van der Waals surface area contributed by atoms with Gasteiger partial charge in [0, 0.05) is 44.3 Å². The predicted molar refractivity (Wildman–Crippen MR) is 235 cm³/mol. The van der Waals surface area contributed by atoms with Crippen LogP contribution in [0.5, 0.6) is 0 Å². The molecule has 0 saturated carbocycles. The lowest BCUT2D eigenvalue weighted by Crippen LogP contribution is -2.06. The normalized spacial score (nSPS) is 12.3. The Labute approximate surface area is 336 Å². The highest BCUT2D eigenvalue weighted by atomic mass is 15.1. The molecule has 9 aromatic rings. The van der Waals surface area contributed by atoms with Gasteiger partial charge >= 0.3 is 0 Å². The van der Waals surface area contributed by atoms with E-state index in [4.69, 9.17) is 29.9 Å². The fourth-order valence-corrected chi connectivity index (χ4v) is 7.55. The molecule has 58 heavy (non-hydrogen) atoms. The third kappa shape index (κ3) is 6.69. The monoisotopic (exact) mass is 747 g/mol. The van der Waals surface area contributed by atoms with Gasteiger partial charge in [-0.25, -0.2) is 29.9 Å². The molecule has 276 valence electrons. The number of hydrogen-bond donors (Lipinski definition) is 0. The van der Waals surface area contributed by atoms with Gasteiger partial charge in [-0.1, -0.05) is 151 Å². The molecule has 0 unspecified atom stereocenters. The molecule has 7 heteroatoms. The number of aromatic nitrogens is 7. The maximum absolute atomic E-state index is 5.25. The van der Waals surface area contributed by atoms with Crippen LogP contribution in [0.2, 0.25) is 0 Å². The number of fused-ring (bicyclic) bond motifs is 3. The summed E-state index contributed by atoms with van der Waals surface area (Å²) < 4.78 is 2.35. The second-order valence-electron chi connectivity index (χ2n) is 14.3. The Morgan fingerprint density at radius 1 is 0.414 bits per heavy atom. The lowest BCUT2D eigenvalue weighted by Gasteiger charge is -2.17. The van der Waals surface area contributed by atoms with Crippen molar-refractivity contribution < 1.29 is 0 Å². The van der Waals surface area contributed by atoms with Crippen LogP contribution in [0, 0.1) is 6.92 Å². The molecule has 0 aliphatic heterocycles. The molecule has 0 atom stereocenters. The summed E-state index contributed by atoms with van der Waals surface area (Å²) in [5.41, 5.74) is 10.8. The summed E-state index contributed by atoms with van der Waals surface area (Å²) in [7, 11) is 0. The molecule has 0 radical (unpaired) electrons. The van der Waals surface area contributed by atoms with Crippen LogP contribution in [0.3, 0.4) is 0 Å². The van der Waals surface area contributed by atoms with Crippen molar-refractivity contribution in [2.24, 2.45) is 0 Å². The molecule has 1 aliphatic rings. The van der Waals surface area contributed by atoms with E-state index in [9.17, 15) is 0 Å². The first kappa shape index (κ1) is 34.8. The fourth-order valence-electron chi connectivity index (χ4n) is 7.55. The van der Waals surface area contributed by atoms with E-state index < -0.39 is 0 Å². The highest BCUT2D eigenvalue weighted by Gasteiger charge is 2.23. The van der Waals surface area contributed by atoms with Gasteiger partial charge in [0.1, 0.15) is 0 Å². The minimum atomic E-state index is 0.540. The Morgan fingerprint density at radius 3 is 1.36 bits per heavy atom. The minimum absolute atomic E-state index is 0.540. The van der Waals surface area contributed by atoms with Crippen LogP contribution in [0.25, 0.3) is 97.1 Å². The highest BCUT2D eigenvalue weighted by molar-refractivity contribution is 5.97. The Morgan fingerprint density at radius 2 is 0.862 bits per heavy atom. The van der Waals surface area contributed by atoms with E-state index in [0.717, 1.165) is 63.1 Å². The molecule has 0 fully saturated rings. The van der Waals surface area contributed by atoms with Crippen molar-refractivity contribution in [3.63, 3.8) is 0 Å². The van der Waals surface area contributed by atoms with Gasteiger partial charge in [0.15, 0.2) is 34.9 Å². The van der Waals surface area contributed by atoms with Crippen LogP contribution >= 0.6 is 0 Å². The number of benzene rings is 6. The molecule has 3 aromatic heterocycles. The molecule has 6 aromatic carbocycles. The van der Waals surface area contributed by atoms with E-state index in [1.165, 1.54) is 16.5 Å². The third-order valence-electron chi connectivity index (χ3n) is 10.4. The van der Waals surface area contributed by atoms with E-state index in [1.54, 1.807) is 0 Å². The number of nitrogens with zero attached hydrogens (tertiary/aromatic N) is 7. The first-order valence-corrected chi connectivity index (χ1v) is 19.5. The Bertz CT molecular complexity index is 2870. The smallest absolute Gasteiger partial charge is 0.166 e. The topological polar surface area (TPSA) is 82.3 Å². The van der Waals surface area contributed by atoms with Crippen molar-refractivity contribution in [2.75, 3.05) is 0 Å². The van der Waals surface area contributed by atoms with Crippen molar-refractivity contribution in [3.8, 4) is 74.0 Å². The molecule has 3 heterocycles. The van der Waals surface area contributed by atoms with Gasteiger partial charge in [0.25, 0.3) is 0 Å². The predicted octanol–water partition coefficient (Wildman–Crippen LogP) is 12.1. The SMILES string of the molecule is Cc1ccc2c(c1)c1c(n2-c2ccc(-c3nc(-c4ccccc4)nc(-c4ccccc4)n3)cc2-c2nc(-c3ccccc3)nc(-c3ccccc3)n2)C=CCCC=C1. The van der Waals surface area contributed by atoms with Crippen molar-refractivity contribution in [2.45, 2.75) is 19.8 Å². The van der Waals surface area contributed by atoms with Gasteiger partial charge in [-0.2, -0.15) is 0 Å². The Hall–Kier alpha value is -7.64. The molecule has 7 nitrogen and oxygen atoms in total. The van der Waals surface area contributed by atoms with Crippen LogP contribution in [0.4, 0.5) is 0 Å². The highest BCUT2D eigenvalue weighted by Crippen LogP contribution is 2.39. The summed E-state index contributed by atoms with van der Waals surface area (Å²) in [6.45, 7) is 2.15. The van der Waals surface area contributed by atoms with Gasteiger partial charge in [0.2, 0.25) is 0 Å². The van der Waals surface area contributed by atoms with Gasteiger partial charge < -0.3 is 4.57 Å². The fraction of sp³-hybridized carbons (Fsp3) is 0.0588. The molecule has 0 bridgehead atoms. The van der Waals surface area contributed by atoms with E-state index in [2.05, 4.69) is 72.2 Å². The second-order valence-corrected chi connectivity index (χ2v) is 14.3. The maximum Gasteiger partial charge on any atom is 0.166 e. The zero-order valence-corrected chi connectivity index (χ0v) is 31.9. The largest absolute Gasteiger partial charge is 0.309 e. The number of hydrogen-bond acceptors (Lipinski definition) is 6. The van der Waals surface area contributed by atoms with Crippen LogP contribution < -0.4 is 0 Å². The van der Waals surface area contributed by atoms with Crippen LogP contribution in [0.1, 0.15) is 29.7 Å². The number of rotatable bonds is 7. The van der Waals surface area contributed by atoms with Crippen LogP contribution in [0.15, 0.2) is 170 Å². The van der Waals surface area contributed by atoms with Crippen LogP contribution in [-0.4, -0.2) is 34.5 Å². The summed E-state index contributed by atoms with van der Waals surface area (Å²) in [5, 5.41) is 1.19. The average molecular weight is 748 g/mol. The summed E-state index contributed by atoms with van der Waals surface area (Å²) >= 11 is 0. The van der Waals surface area contributed by atoms with E-state index in [-0.39, 0.29) is 0 Å². The second kappa shape index (κ2) is 15.1. The molecular formula is C51H37N7. The zero-order chi connectivity index (χ0) is 38.8. The van der Waals surface area contributed by atoms with E-state index >= 15 is 0 Å².